The summed E-state index contributed by atoms with van der Waals surface area (Å²) in [6, 6.07) is 8.95. The van der Waals surface area contributed by atoms with Gasteiger partial charge in [-0.3, -0.25) is 0 Å². The normalized spacial score (nSPS) is 12.9. The number of sulfonamides is 1. The largest absolute Gasteiger partial charge is 0.492 e. The van der Waals surface area contributed by atoms with Crippen LogP contribution in [-0.4, -0.2) is 19.6 Å². The summed E-state index contributed by atoms with van der Waals surface area (Å²) in [5.41, 5.74) is 0.856. The zero-order valence-electron chi connectivity index (χ0n) is 12.0. The third kappa shape index (κ3) is 2.69. The topological polar surface area (TPSA) is 60.7 Å². The van der Waals surface area contributed by atoms with Gasteiger partial charge in [0.15, 0.2) is 0 Å². The average Bonchev–Trinajstić information content (AvgIpc) is 3.10. The summed E-state index contributed by atoms with van der Waals surface area (Å²) in [6.45, 7) is 2.46. The molecule has 0 radical (unpaired) electrons. The van der Waals surface area contributed by atoms with Crippen LogP contribution in [0.2, 0.25) is 0 Å². The fourth-order valence-corrected chi connectivity index (χ4v) is 5.32. The first-order valence-corrected chi connectivity index (χ1v) is 9.72. The number of hydrogen-bond donors (Lipinski definition) is 0. The minimum absolute atomic E-state index is 0.245. The molecule has 0 amide bonds. The summed E-state index contributed by atoms with van der Waals surface area (Å²) < 4.78 is 37.2. The zero-order valence-corrected chi connectivity index (χ0v) is 14.5. The quantitative estimate of drug-likeness (QED) is 0.724. The Labute approximate surface area is 136 Å². The van der Waals surface area contributed by atoms with Crippen molar-refractivity contribution in [3.05, 3.63) is 40.5 Å². The molecule has 3 rings (SSSR count). The van der Waals surface area contributed by atoms with Crippen LogP contribution in [-0.2, 0) is 17.1 Å². The number of benzene rings is 1. The van der Waals surface area contributed by atoms with Crippen molar-refractivity contribution in [2.45, 2.75) is 11.1 Å². The molecule has 0 saturated carbocycles. The Morgan fingerprint density at radius 2 is 2.09 bits per heavy atom. The van der Waals surface area contributed by atoms with Crippen LogP contribution >= 0.6 is 22.7 Å². The Bertz CT molecular complexity index is 967. The summed E-state index contributed by atoms with van der Waals surface area (Å²) in [4.78, 5) is 0.426. The number of fused-ring (bicyclic) bond motifs is 1. The van der Waals surface area contributed by atoms with E-state index in [4.69, 9.17) is 4.74 Å². The monoisotopic (exact) mass is 354 g/mol. The van der Waals surface area contributed by atoms with E-state index in [0.717, 1.165) is 27.3 Å². The molecule has 0 spiro atoms. The summed E-state index contributed by atoms with van der Waals surface area (Å²) in [5, 5.41) is 1.72. The highest BCUT2D eigenvalue weighted by Gasteiger charge is 2.16. The van der Waals surface area contributed by atoms with Crippen molar-refractivity contribution in [3.8, 4) is 5.75 Å². The average molecular weight is 354 g/mol. The number of aryl methyl sites for hydroxylation is 1. The van der Waals surface area contributed by atoms with Crippen molar-refractivity contribution in [1.29, 1.82) is 0 Å². The Hall–Kier alpha value is -1.64. The molecular formula is C14H14N2O3S3. The van der Waals surface area contributed by atoms with Gasteiger partial charge >= 0.3 is 0 Å². The molecule has 0 saturated heterocycles. The van der Waals surface area contributed by atoms with Gasteiger partial charge in [-0.15, -0.1) is 15.7 Å². The molecule has 0 aliphatic carbocycles. The summed E-state index contributed by atoms with van der Waals surface area (Å²) in [6.07, 6.45) is 0. The first kappa shape index (κ1) is 15.3. The number of hydrogen-bond acceptors (Lipinski definition) is 5. The van der Waals surface area contributed by atoms with E-state index < -0.39 is 10.0 Å². The van der Waals surface area contributed by atoms with Crippen molar-refractivity contribution in [2.24, 2.45) is 11.4 Å². The molecule has 0 aliphatic heterocycles. The maximum atomic E-state index is 12.3. The SMILES string of the molecule is CCOc1cccc2sc(=NS(=O)(=O)c3cccs3)n(C)c12. The van der Waals surface area contributed by atoms with E-state index in [1.165, 1.54) is 11.3 Å². The van der Waals surface area contributed by atoms with Gasteiger partial charge in [0.05, 0.1) is 11.3 Å². The maximum absolute atomic E-state index is 12.3. The number of ether oxygens (including phenoxy) is 1. The number of aromatic nitrogens is 1. The molecule has 0 aliphatic rings. The van der Waals surface area contributed by atoms with Gasteiger partial charge < -0.3 is 9.30 Å². The molecule has 0 unspecified atom stereocenters. The van der Waals surface area contributed by atoms with E-state index >= 15 is 0 Å². The Morgan fingerprint density at radius 1 is 1.27 bits per heavy atom. The summed E-state index contributed by atoms with van der Waals surface area (Å²) in [5.74, 6) is 0.730. The van der Waals surface area contributed by atoms with Gasteiger partial charge in [0.1, 0.15) is 15.5 Å². The van der Waals surface area contributed by atoms with Gasteiger partial charge in [-0.1, -0.05) is 23.5 Å². The molecule has 0 bridgehead atoms. The van der Waals surface area contributed by atoms with Gasteiger partial charge in [-0.2, -0.15) is 8.42 Å². The first-order valence-electron chi connectivity index (χ1n) is 6.59. The lowest BCUT2D eigenvalue weighted by Gasteiger charge is -2.05. The van der Waals surface area contributed by atoms with E-state index in [-0.39, 0.29) is 4.21 Å². The van der Waals surface area contributed by atoms with Gasteiger partial charge in [0.25, 0.3) is 10.0 Å². The van der Waals surface area contributed by atoms with Crippen molar-refractivity contribution < 1.29 is 13.2 Å². The van der Waals surface area contributed by atoms with E-state index in [2.05, 4.69) is 4.40 Å². The highest BCUT2D eigenvalue weighted by molar-refractivity contribution is 7.92. The van der Waals surface area contributed by atoms with Crippen LogP contribution in [0.3, 0.4) is 0 Å². The predicted octanol–water partition coefficient (Wildman–Crippen LogP) is 2.99. The van der Waals surface area contributed by atoms with Crippen molar-refractivity contribution in [3.63, 3.8) is 0 Å². The Balaban J connectivity index is 2.23. The minimum Gasteiger partial charge on any atom is -0.492 e. The molecule has 1 aromatic carbocycles. The second-order valence-corrected chi connectivity index (χ2v) is 8.27. The molecule has 2 aromatic heterocycles. The third-order valence-electron chi connectivity index (χ3n) is 3.03. The van der Waals surface area contributed by atoms with Crippen LogP contribution in [0, 0.1) is 0 Å². The number of nitrogens with zero attached hydrogens (tertiary/aromatic N) is 2. The van der Waals surface area contributed by atoms with E-state index in [1.807, 2.05) is 25.1 Å². The van der Waals surface area contributed by atoms with Crippen LogP contribution in [0.5, 0.6) is 5.75 Å². The lowest BCUT2D eigenvalue weighted by atomic mass is 10.3. The summed E-state index contributed by atoms with van der Waals surface area (Å²) >= 11 is 2.49. The van der Waals surface area contributed by atoms with E-state index in [1.54, 1.807) is 29.1 Å². The number of thiophene rings is 1. The molecule has 8 heteroatoms. The van der Waals surface area contributed by atoms with E-state index in [0.29, 0.717) is 11.4 Å². The number of thiazole rings is 1. The molecule has 0 atom stereocenters. The van der Waals surface area contributed by atoms with Gasteiger partial charge in [-0.05, 0) is 30.5 Å². The van der Waals surface area contributed by atoms with Crippen LogP contribution in [0.25, 0.3) is 10.2 Å². The number of rotatable bonds is 4. The number of para-hydroxylation sites is 1. The van der Waals surface area contributed by atoms with Crippen molar-refractivity contribution >= 4 is 42.9 Å². The molecule has 5 nitrogen and oxygen atoms in total. The highest BCUT2D eigenvalue weighted by Crippen LogP contribution is 2.27. The maximum Gasteiger partial charge on any atom is 0.294 e. The minimum atomic E-state index is -3.67. The lowest BCUT2D eigenvalue weighted by Crippen LogP contribution is -2.13. The third-order valence-corrected chi connectivity index (χ3v) is 6.89. The predicted molar refractivity (Wildman–Crippen MR) is 89.0 cm³/mol. The second kappa shape index (κ2) is 5.86. The lowest BCUT2D eigenvalue weighted by molar-refractivity contribution is 0.343. The van der Waals surface area contributed by atoms with Crippen LogP contribution in [0.15, 0.2) is 44.3 Å². The van der Waals surface area contributed by atoms with E-state index in [9.17, 15) is 8.42 Å². The Morgan fingerprint density at radius 3 is 2.77 bits per heavy atom. The molecule has 22 heavy (non-hydrogen) atoms. The molecular weight excluding hydrogens is 340 g/mol. The molecule has 2 heterocycles. The molecule has 0 fully saturated rings. The second-order valence-electron chi connectivity index (χ2n) is 4.48. The van der Waals surface area contributed by atoms with Crippen molar-refractivity contribution in [1.82, 2.24) is 4.57 Å². The van der Waals surface area contributed by atoms with Gasteiger partial charge in [-0.25, -0.2) is 0 Å². The fourth-order valence-electron chi connectivity index (χ4n) is 2.09. The summed E-state index contributed by atoms with van der Waals surface area (Å²) in [7, 11) is -1.88. The smallest absolute Gasteiger partial charge is 0.294 e. The molecule has 0 N–H and O–H groups in total. The molecule has 116 valence electrons. The Kier molecular flexibility index (Phi) is 4.07. The standard InChI is InChI=1S/C14H14N2O3S3/c1-3-19-10-6-4-7-11-13(10)16(2)14(21-11)15-22(17,18)12-8-5-9-20-12/h4-9H,3H2,1-2H3. The first-order chi connectivity index (χ1) is 10.5. The zero-order chi connectivity index (χ0) is 15.7. The molecule has 3 aromatic rings. The van der Waals surface area contributed by atoms with Gasteiger partial charge in [0, 0.05) is 7.05 Å². The van der Waals surface area contributed by atoms with Crippen LogP contribution in [0.1, 0.15) is 6.92 Å². The van der Waals surface area contributed by atoms with Crippen LogP contribution < -0.4 is 9.54 Å². The highest BCUT2D eigenvalue weighted by atomic mass is 32.2. The van der Waals surface area contributed by atoms with Crippen LogP contribution in [0.4, 0.5) is 0 Å². The fraction of sp³-hybridized carbons (Fsp3) is 0.214. The van der Waals surface area contributed by atoms with Crippen molar-refractivity contribution in [2.75, 3.05) is 6.61 Å². The van der Waals surface area contributed by atoms with Gasteiger partial charge in [0.2, 0.25) is 4.80 Å².